The summed E-state index contributed by atoms with van der Waals surface area (Å²) in [4.78, 5) is 17.6. The van der Waals surface area contributed by atoms with Gasteiger partial charge in [-0.25, -0.2) is 17.5 Å². The van der Waals surface area contributed by atoms with Crippen molar-refractivity contribution in [3.05, 3.63) is 102 Å². The first kappa shape index (κ1) is 29.3. The highest BCUT2D eigenvalue weighted by Crippen LogP contribution is 2.55. The van der Waals surface area contributed by atoms with E-state index >= 15 is 0 Å². The Morgan fingerprint density at radius 1 is 0.927 bits per heavy atom. The monoisotopic (exact) mass is 575 g/mol. The Balaban J connectivity index is 1.19. The van der Waals surface area contributed by atoms with Crippen LogP contribution in [-0.4, -0.2) is 74.4 Å². The van der Waals surface area contributed by atoms with Crippen LogP contribution in [0.25, 0.3) is 0 Å². The number of carbonyl (C=O) groups is 1. The number of piperidine rings is 1. The zero-order valence-electron chi connectivity index (χ0n) is 24.1. The molecule has 2 atom stereocenters. The van der Waals surface area contributed by atoms with E-state index in [1.54, 1.807) is 31.3 Å². The Morgan fingerprint density at radius 3 is 2.12 bits per heavy atom. The molecule has 0 bridgehead atoms. The van der Waals surface area contributed by atoms with Crippen LogP contribution in [0.1, 0.15) is 37.3 Å². The lowest BCUT2D eigenvalue weighted by Crippen LogP contribution is -2.48. The van der Waals surface area contributed by atoms with Gasteiger partial charge in [0.25, 0.3) is 0 Å². The summed E-state index contributed by atoms with van der Waals surface area (Å²) in [6, 6.07) is 29.0. The van der Waals surface area contributed by atoms with Crippen LogP contribution in [0.15, 0.2) is 95.9 Å². The molecule has 3 aromatic carbocycles. The highest BCUT2D eigenvalue weighted by Gasteiger charge is 2.56. The molecule has 0 aromatic heterocycles. The van der Waals surface area contributed by atoms with Crippen LogP contribution in [0, 0.1) is 5.92 Å². The minimum atomic E-state index is -3.58. The third-order valence-electron chi connectivity index (χ3n) is 8.79. The van der Waals surface area contributed by atoms with Crippen molar-refractivity contribution in [3.8, 4) is 0 Å². The van der Waals surface area contributed by atoms with Gasteiger partial charge in [0.15, 0.2) is 0 Å². The molecule has 1 heterocycles. The topological polar surface area (TPSA) is 70.2 Å². The van der Waals surface area contributed by atoms with Gasteiger partial charge in [-0.15, -0.1) is 0 Å². The first-order chi connectivity index (χ1) is 19.8. The van der Waals surface area contributed by atoms with E-state index in [4.69, 9.17) is 4.74 Å². The molecule has 7 nitrogen and oxygen atoms in total. The molecular weight excluding hydrogens is 534 g/mol. The molecule has 0 radical (unpaired) electrons. The number of carbonyl (C=O) groups excluding carboxylic acids is 1. The van der Waals surface area contributed by atoms with Gasteiger partial charge in [0, 0.05) is 51.2 Å². The summed E-state index contributed by atoms with van der Waals surface area (Å²) < 4.78 is 33.9. The second kappa shape index (κ2) is 12.8. The molecule has 3 aromatic rings. The Hall–Kier alpha value is -3.20. The molecule has 2 aliphatic rings. The zero-order valence-corrected chi connectivity index (χ0v) is 24.9. The lowest BCUT2D eigenvalue weighted by Gasteiger charge is -2.38. The largest absolute Gasteiger partial charge is 0.445 e. The first-order valence-corrected chi connectivity index (χ1v) is 16.0. The maximum atomic E-state index is 13.3. The van der Waals surface area contributed by atoms with Gasteiger partial charge in [-0.05, 0) is 55.4 Å². The molecule has 1 saturated heterocycles. The number of likely N-dealkylation sites (tertiary alicyclic amines) is 1. The molecular formula is C33H41N3O4S. The van der Waals surface area contributed by atoms with Crippen LogP contribution in [0.4, 0.5) is 4.79 Å². The average Bonchev–Trinajstić information content (AvgIpc) is 3.71. The molecule has 1 aliphatic carbocycles. The standard InChI is InChI=1S/C33H41N3O4S/c1-3-36(32(37)40-25-27-13-7-4-8-14-27)30-19-21-35(22-20-30)24-29-23-33(29,28-15-9-5-10-16-28)26-34(2)41(38,39)31-17-11-6-12-18-31/h4-18,29-30H,3,19-26H2,1-2H3/t29-,33+/m0/s1. The van der Waals surface area contributed by atoms with Crippen molar-refractivity contribution in [2.45, 2.75) is 49.1 Å². The number of hydrogen-bond donors (Lipinski definition) is 0. The van der Waals surface area contributed by atoms with E-state index in [0.717, 1.165) is 44.5 Å². The molecule has 0 N–H and O–H groups in total. The van der Waals surface area contributed by atoms with E-state index < -0.39 is 10.0 Å². The van der Waals surface area contributed by atoms with Crippen LogP contribution in [0.3, 0.4) is 0 Å². The van der Waals surface area contributed by atoms with Gasteiger partial charge in [-0.2, -0.15) is 0 Å². The number of benzene rings is 3. The van der Waals surface area contributed by atoms with Gasteiger partial charge in [0.1, 0.15) is 6.61 Å². The molecule has 218 valence electrons. The molecule has 8 heteroatoms. The van der Waals surface area contributed by atoms with Gasteiger partial charge in [-0.3, -0.25) is 0 Å². The maximum absolute atomic E-state index is 13.3. The Kier molecular flexibility index (Phi) is 9.12. The highest BCUT2D eigenvalue weighted by atomic mass is 32.2. The van der Waals surface area contributed by atoms with Crippen LogP contribution < -0.4 is 0 Å². The predicted molar refractivity (Wildman–Crippen MR) is 161 cm³/mol. The van der Waals surface area contributed by atoms with Gasteiger partial charge < -0.3 is 14.5 Å². The maximum Gasteiger partial charge on any atom is 0.410 e. The minimum Gasteiger partial charge on any atom is -0.445 e. The van der Waals surface area contributed by atoms with Crippen LogP contribution in [-0.2, 0) is 26.8 Å². The Labute approximate surface area is 244 Å². The highest BCUT2D eigenvalue weighted by molar-refractivity contribution is 7.89. The summed E-state index contributed by atoms with van der Waals surface area (Å²) in [6.07, 6.45) is 2.52. The number of sulfonamides is 1. The third-order valence-corrected chi connectivity index (χ3v) is 10.6. The Bertz CT molecular complexity index is 1380. The van der Waals surface area contributed by atoms with Gasteiger partial charge in [0.2, 0.25) is 10.0 Å². The van der Waals surface area contributed by atoms with Crippen LogP contribution in [0.5, 0.6) is 0 Å². The van der Waals surface area contributed by atoms with Crippen molar-refractivity contribution < 1.29 is 17.9 Å². The molecule has 1 amide bonds. The van der Waals surface area contributed by atoms with Crippen molar-refractivity contribution in [2.75, 3.05) is 39.8 Å². The fraction of sp³-hybridized carbons (Fsp3) is 0.424. The average molecular weight is 576 g/mol. The summed E-state index contributed by atoms with van der Waals surface area (Å²) >= 11 is 0. The van der Waals surface area contributed by atoms with Gasteiger partial charge in [-0.1, -0.05) is 78.9 Å². The van der Waals surface area contributed by atoms with E-state index in [1.165, 1.54) is 9.87 Å². The molecule has 0 unspecified atom stereocenters. The molecule has 1 aliphatic heterocycles. The van der Waals surface area contributed by atoms with Crippen molar-refractivity contribution >= 4 is 16.1 Å². The van der Waals surface area contributed by atoms with Gasteiger partial charge in [0.05, 0.1) is 4.90 Å². The number of rotatable bonds is 11. The second-order valence-electron chi connectivity index (χ2n) is 11.4. The Morgan fingerprint density at radius 2 is 1.51 bits per heavy atom. The minimum absolute atomic E-state index is 0.166. The summed E-state index contributed by atoms with van der Waals surface area (Å²) in [5, 5.41) is 0. The van der Waals surface area contributed by atoms with Crippen molar-refractivity contribution in [3.63, 3.8) is 0 Å². The second-order valence-corrected chi connectivity index (χ2v) is 13.4. The molecule has 1 saturated carbocycles. The lowest BCUT2D eigenvalue weighted by atomic mass is 9.92. The summed E-state index contributed by atoms with van der Waals surface area (Å²) in [7, 11) is -1.88. The van der Waals surface area contributed by atoms with E-state index in [0.29, 0.717) is 23.9 Å². The summed E-state index contributed by atoms with van der Waals surface area (Å²) in [5.41, 5.74) is 1.99. The van der Waals surface area contributed by atoms with Crippen molar-refractivity contribution in [1.29, 1.82) is 0 Å². The zero-order chi connectivity index (χ0) is 28.9. The number of hydrogen-bond acceptors (Lipinski definition) is 5. The number of nitrogens with zero attached hydrogens (tertiary/aromatic N) is 3. The number of amides is 1. The van der Waals surface area contributed by atoms with E-state index in [2.05, 4.69) is 17.0 Å². The van der Waals surface area contributed by atoms with E-state index in [9.17, 15) is 13.2 Å². The van der Waals surface area contributed by atoms with Crippen molar-refractivity contribution in [2.24, 2.45) is 5.92 Å². The van der Waals surface area contributed by atoms with E-state index in [1.807, 2.05) is 66.4 Å². The number of ether oxygens (including phenoxy) is 1. The SMILES string of the molecule is CCN(C(=O)OCc1ccccc1)C1CCN(C[C@@H]2C[C@@]2(CN(C)S(=O)(=O)c2ccccc2)c2ccccc2)CC1. The molecule has 41 heavy (non-hydrogen) atoms. The molecule has 2 fully saturated rings. The summed E-state index contributed by atoms with van der Waals surface area (Å²) in [5.74, 6) is 0.369. The normalized spacial score (nSPS) is 21.5. The fourth-order valence-electron chi connectivity index (χ4n) is 6.35. The first-order valence-electron chi connectivity index (χ1n) is 14.6. The van der Waals surface area contributed by atoms with Crippen LogP contribution >= 0.6 is 0 Å². The van der Waals surface area contributed by atoms with Crippen molar-refractivity contribution in [1.82, 2.24) is 14.1 Å². The van der Waals surface area contributed by atoms with E-state index in [-0.39, 0.29) is 24.2 Å². The fourth-order valence-corrected chi connectivity index (χ4v) is 7.61. The quantitative estimate of drug-likeness (QED) is 0.307. The van der Waals surface area contributed by atoms with Gasteiger partial charge >= 0.3 is 6.09 Å². The molecule has 0 spiro atoms. The van der Waals surface area contributed by atoms with Crippen LogP contribution in [0.2, 0.25) is 0 Å². The number of likely N-dealkylation sites (N-methyl/N-ethyl adjacent to an activating group) is 1. The third kappa shape index (κ3) is 6.66. The molecule has 5 rings (SSSR count). The predicted octanol–water partition coefficient (Wildman–Crippen LogP) is 5.39. The smallest absolute Gasteiger partial charge is 0.410 e. The lowest BCUT2D eigenvalue weighted by molar-refractivity contribution is 0.0620. The summed E-state index contributed by atoms with van der Waals surface area (Å²) in [6.45, 7) is 6.11.